The van der Waals surface area contributed by atoms with E-state index < -0.39 is 10.8 Å². The molecule has 6 rings (SSSR count). The van der Waals surface area contributed by atoms with Crippen molar-refractivity contribution < 1.29 is 18.5 Å². The maximum absolute atomic E-state index is 11.9. The minimum atomic E-state index is -0.812. The number of nitrogens with zero attached hydrogens (tertiary/aromatic N) is 4. The SMILES string of the molecule is COc1nc(-c2cccc(-c3cccc(-c4cnc(CNC5CCC(S(C)=O)C5)c(OC)n4)c3Cl)c2Cl)cnc1CNC[C@@H]1CCC(=O)N1. The molecule has 1 aliphatic heterocycles. The normalized spacial score (nSPS) is 19.5. The van der Waals surface area contributed by atoms with Crippen LogP contribution in [0.1, 0.15) is 43.5 Å². The highest BCUT2D eigenvalue weighted by Crippen LogP contribution is 2.42. The molecule has 11 nitrogen and oxygen atoms in total. The van der Waals surface area contributed by atoms with Crippen LogP contribution in [0.3, 0.4) is 0 Å². The van der Waals surface area contributed by atoms with Gasteiger partial charge < -0.3 is 25.4 Å². The molecule has 0 bridgehead atoms. The second kappa shape index (κ2) is 15.9. The highest BCUT2D eigenvalue weighted by atomic mass is 35.5. The molecule has 4 atom stereocenters. The number of benzene rings is 2. The Morgan fingerprint density at radius 3 is 1.94 bits per heavy atom. The van der Waals surface area contributed by atoms with Gasteiger partial charge in [0, 0.05) is 82.7 Å². The lowest BCUT2D eigenvalue weighted by molar-refractivity contribution is -0.119. The summed E-state index contributed by atoms with van der Waals surface area (Å²) in [6, 6.07) is 11.8. The van der Waals surface area contributed by atoms with Crippen LogP contribution in [0.25, 0.3) is 33.6 Å². The summed E-state index contributed by atoms with van der Waals surface area (Å²) in [5.74, 6) is 0.882. The predicted molar refractivity (Wildman–Crippen MR) is 192 cm³/mol. The molecule has 3 unspecified atom stereocenters. The standard InChI is InChI=1S/C35H39Cl2N7O4S/c1-47-34-29(16-38-15-21-11-13-31(45)42-21)40-17-27(43-34)25-8-4-6-23(32(25)36)24-7-5-9-26(33(24)37)28-18-41-30(35(44-28)48-2)19-39-20-10-12-22(14-20)49(3)46/h4-9,17-18,20-22,38-39H,10-16,19H2,1-3H3,(H,42,45)/t20?,21-,22?,49?/m0/s1. The van der Waals surface area contributed by atoms with E-state index in [0.717, 1.165) is 36.8 Å². The van der Waals surface area contributed by atoms with Gasteiger partial charge in [0.2, 0.25) is 17.7 Å². The van der Waals surface area contributed by atoms with Gasteiger partial charge in [-0.15, -0.1) is 0 Å². The molecule has 2 aliphatic rings. The van der Waals surface area contributed by atoms with Crippen LogP contribution >= 0.6 is 23.2 Å². The Kier molecular flexibility index (Phi) is 11.4. The molecule has 1 saturated carbocycles. The van der Waals surface area contributed by atoms with Gasteiger partial charge >= 0.3 is 0 Å². The van der Waals surface area contributed by atoms with Gasteiger partial charge in [-0.05, 0) is 25.7 Å². The van der Waals surface area contributed by atoms with Crippen molar-refractivity contribution in [3.05, 3.63) is 70.2 Å². The highest BCUT2D eigenvalue weighted by Gasteiger charge is 2.27. The fourth-order valence-corrected chi connectivity index (χ4v) is 7.98. The lowest BCUT2D eigenvalue weighted by Crippen LogP contribution is -2.35. The lowest BCUT2D eigenvalue weighted by atomic mass is 9.98. The zero-order chi connectivity index (χ0) is 34.5. The largest absolute Gasteiger partial charge is 0.480 e. The van der Waals surface area contributed by atoms with Crippen LogP contribution in [-0.4, -0.2) is 74.4 Å². The van der Waals surface area contributed by atoms with Crippen molar-refractivity contribution in [2.75, 3.05) is 27.0 Å². The first-order chi connectivity index (χ1) is 23.7. The number of hydrogen-bond acceptors (Lipinski definition) is 10. The monoisotopic (exact) mass is 723 g/mol. The number of amides is 1. The van der Waals surface area contributed by atoms with Crippen molar-refractivity contribution in [3.8, 4) is 45.4 Å². The lowest BCUT2D eigenvalue weighted by Gasteiger charge is -2.16. The summed E-state index contributed by atoms with van der Waals surface area (Å²) >= 11 is 14.1. The van der Waals surface area contributed by atoms with Crippen LogP contribution in [0.4, 0.5) is 0 Å². The van der Waals surface area contributed by atoms with Gasteiger partial charge in [-0.2, -0.15) is 0 Å². The van der Waals surface area contributed by atoms with Crippen LogP contribution < -0.4 is 25.4 Å². The van der Waals surface area contributed by atoms with E-state index in [-0.39, 0.29) is 23.2 Å². The van der Waals surface area contributed by atoms with Crippen molar-refractivity contribution in [2.45, 2.75) is 62.5 Å². The molecule has 4 aromatic rings. The first-order valence-corrected chi connectivity index (χ1v) is 18.6. The molecule has 14 heteroatoms. The Labute approximate surface area is 298 Å². The number of aromatic nitrogens is 4. The number of rotatable bonds is 13. The molecule has 2 fully saturated rings. The van der Waals surface area contributed by atoms with Crippen molar-refractivity contribution >= 4 is 39.9 Å². The van der Waals surface area contributed by atoms with E-state index >= 15 is 0 Å². The van der Waals surface area contributed by atoms with Crippen molar-refractivity contribution in [3.63, 3.8) is 0 Å². The van der Waals surface area contributed by atoms with Crippen molar-refractivity contribution in [1.29, 1.82) is 0 Å². The third-order valence-corrected chi connectivity index (χ3v) is 11.2. The maximum Gasteiger partial charge on any atom is 0.237 e. The quantitative estimate of drug-likeness (QED) is 0.165. The average molecular weight is 725 g/mol. The number of hydrogen-bond donors (Lipinski definition) is 3. The molecule has 2 aromatic carbocycles. The van der Waals surface area contributed by atoms with Crippen LogP contribution in [0.5, 0.6) is 11.8 Å². The van der Waals surface area contributed by atoms with Gasteiger partial charge in [-0.3, -0.25) is 19.0 Å². The third-order valence-electron chi connectivity index (χ3n) is 9.03. The molecule has 49 heavy (non-hydrogen) atoms. The fourth-order valence-electron chi connectivity index (χ4n) is 6.36. The van der Waals surface area contributed by atoms with Gasteiger partial charge in [0.05, 0.1) is 48.0 Å². The zero-order valence-electron chi connectivity index (χ0n) is 27.6. The van der Waals surface area contributed by atoms with Crippen molar-refractivity contribution in [1.82, 2.24) is 35.9 Å². The van der Waals surface area contributed by atoms with E-state index in [1.807, 2.05) is 36.4 Å². The number of methoxy groups -OCH3 is 2. The zero-order valence-corrected chi connectivity index (χ0v) is 29.9. The average Bonchev–Trinajstić information content (AvgIpc) is 3.77. The van der Waals surface area contributed by atoms with E-state index in [4.69, 9.17) is 42.6 Å². The minimum Gasteiger partial charge on any atom is -0.480 e. The van der Waals surface area contributed by atoms with E-state index in [1.165, 1.54) is 0 Å². The molecule has 1 amide bonds. The molecule has 1 aliphatic carbocycles. The Morgan fingerprint density at radius 2 is 1.43 bits per heavy atom. The van der Waals surface area contributed by atoms with Crippen LogP contribution in [0.15, 0.2) is 48.8 Å². The van der Waals surface area contributed by atoms with E-state index in [2.05, 4.69) is 25.9 Å². The summed E-state index contributed by atoms with van der Waals surface area (Å²) < 4.78 is 23.1. The highest BCUT2D eigenvalue weighted by molar-refractivity contribution is 7.84. The summed E-state index contributed by atoms with van der Waals surface area (Å²) in [6.45, 7) is 1.56. The number of carbonyl (C=O) groups is 1. The molecule has 0 spiro atoms. The fraction of sp³-hybridized carbons (Fsp3) is 0.400. The van der Waals surface area contributed by atoms with Crippen molar-refractivity contribution in [2.24, 2.45) is 0 Å². The number of carbonyl (C=O) groups excluding carboxylic acids is 1. The molecule has 0 radical (unpaired) electrons. The molecule has 2 aromatic heterocycles. The Hall–Kier alpha value is -3.68. The molecular formula is C35H39Cl2N7O4S. The summed E-state index contributed by atoms with van der Waals surface area (Å²) in [7, 11) is 2.32. The Balaban J connectivity index is 1.20. The number of nitrogens with one attached hydrogen (secondary N) is 3. The maximum atomic E-state index is 11.9. The van der Waals surface area contributed by atoms with Gasteiger partial charge in [0.15, 0.2) is 0 Å². The minimum absolute atomic E-state index is 0.0820. The van der Waals surface area contributed by atoms with Gasteiger partial charge in [0.1, 0.15) is 11.4 Å². The molecular weight excluding hydrogens is 685 g/mol. The molecule has 3 N–H and O–H groups in total. The van der Waals surface area contributed by atoms with E-state index in [0.29, 0.717) is 81.8 Å². The summed E-state index contributed by atoms with van der Waals surface area (Å²) in [4.78, 5) is 30.3. The van der Waals surface area contributed by atoms with Gasteiger partial charge in [-0.1, -0.05) is 59.6 Å². The Morgan fingerprint density at radius 1 is 0.857 bits per heavy atom. The van der Waals surface area contributed by atoms with Crippen LogP contribution in [0, 0.1) is 0 Å². The number of ether oxygens (including phenoxy) is 2. The van der Waals surface area contributed by atoms with E-state index in [9.17, 15) is 9.00 Å². The van der Waals surface area contributed by atoms with Crippen LogP contribution in [0.2, 0.25) is 10.0 Å². The van der Waals surface area contributed by atoms with Gasteiger partial charge in [-0.25, -0.2) is 9.97 Å². The summed E-state index contributed by atoms with van der Waals surface area (Å²) in [5.41, 5.74) is 5.27. The summed E-state index contributed by atoms with van der Waals surface area (Å²) in [5, 5.41) is 11.0. The van der Waals surface area contributed by atoms with Crippen LogP contribution in [-0.2, 0) is 28.7 Å². The number of halogens is 2. The molecule has 3 heterocycles. The first-order valence-electron chi connectivity index (χ1n) is 16.2. The second-order valence-electron chi connectivity index (χ2n) is 12.2. The molecule has 1 saturated heterocycles. The topological polar surface area (TPSA) is 140 Å². The summed E-state index contributed by atoms with van der Waals surface area (Å²) in [6.07, 6.45) is 9.34. The van der Waals surface area contributed by atoms with Gasteiger partial charge in [0.25, 0.3) is 0 Å². The predicted octanol–water partition coefficient (Wildman–Crippen LogP) is 5.35. The molecule has 258 valence electrons. The third kappa shape index (κ3) is 8.05. The first kappa shape index (κ1) is 35.2. The van der Waals surface area contributed by atoms with E-state index in [1.54, 1.807) is 32.9 Å². The smallest absolute Gasteiger partial charge is 0.237 e. The Bertz CT molecular complexity index is 1860. The second-order valence-corrected chi connectivity index (χ2v) is 14.6.